The molecule has 5 heteroatoms. The van der Waals surface area contributed by atoms with Crippen LogP contribution >= 0.6 is 0 Å². The van der Waals surface area contributed by atoms with E-state index < -0.39 is 0 Å². The molecule has 20 heavy (non-hydrogen) atoms. The van der Waals surface area contributed by atoms with Crippen LogP contribution in [0.15, 0.2) is 18.2 Å². The van der Waals surface area contributed by atoms with E-state index >= 15 is 0 Å². The summed E-state index contributed by atoms with van der Waals surface area (Å²) in [6.45, 7) is 3.69. The van der Waals surface area contributed by atoms with E-state index in [-0.39, 0.29) is 11.9 Å². The van der Waals surface area contributed by atoms with E-state index in [1.54, 1.807) is 12.0 Å². The molecule has 110 valence electrons. The van der Waals surface area contributed by atoms with E-state index in [0.717, 1.165) is 30.0 Å². The molecule has 1 aromatic carbocycles. The maximum atomic E-state index is 11.9. The standard InChI is InChI=1S/C15H22N2O3/c1-4-17(2)15(18)10-16-13-7-8-20-14-6-5-11(19-3)9-12(13)14/h5-6,9,13,16H,4,7-8,10H2,1-3H3. The first-order valence-corrected chi connectivity index (χ1v) is 6.93. The summed E-state index contributed by atoms with van der Waals surface area (Å²) >= 11 is 0. The summed E-state index contributed by atoms with van der Waals surface area (Å²) < 4.78 is 10.9. The Kier molecular flexibility index (Phi) is 4.84. The van der Waals surface area contributed by atoms with E-state index in [2.05, 4.69) is 5.32 Å². The highest BCUT2D eigenvalue weighted by molar-refractivity contribution is 5.78. The van der Waals surface area contributed by atoms with Gasteiger partial charge in [0.15, 0.2) is 0 Å². The predicted octanol–water partition coefficient (Wildman–Crippen LogP) is 1.59. The number of carbonyl (C=O) groups is 1. The van der Waals surface area contributed by atoms with Gasteiger partial charge in [0.05, 0.1) is 20.3 Å². The first kappa shape index (κ1) is 14.7. The van der Waals surface area contributed by atoms with Crippen molar-refractivity contribution in [3.63, 3.8) is 0 Å². The minimum absolute atomic E-state index is 0.100. The molecule has 0 saturated carbocycles. The summed E-state index contributed by atoms with van der Waals surface area (Å²) in [6.07, 6.45) is 0.850. The van der Waals surface area contributed by atoms with Crippen LogP contribution < -0.4 is 14.8 Å². The van der Waals surface area contributed by atoms with E-state index in [4.69, 9.17) is 9.47 Å². The van der Waals surface area contributed by atoms with Gasteiger partial charge in [-0.3, -0.25) is 4.79 Å². The average molecular weight is 278 g/mol. The molecule has 0 spiro atoms. The first-order chi connectivity index (χ1) is 9.65. The van der Waals surface area contributed by atoms with E-state index in [9.17, 15) is 4.79 Å². The molecule has 0 bridgehead atoms. The zero-order valence-electron chi connectivity index (χ0n) is 12.3. The van der Waals surface area contributed by atoms with Gasteiger partial charge in [-0.2, -0.15) is 0 Å². The van der Waals surface area contributed by atoms with Gasteiger partial charge in [0, 0.05) is 31.6 Å². The van der Waals surface area contributed by atoms with Crippen LogP contribution in [0.3, 0.4) is 0 Å². The number of nitrogens with zero attached hydrogens (tertiary/aromatic N) is 1. The van der Waals surface area contributed by atoms with Crippen LogP contribution in [0.4, 0.5) is 0 Å². The minimum atomic E-state index is 0.100. The lowest BCUT2D eigenvalue weighted by Crippen LogP contribution is -2.38. The molecule has 1 amide bonds. The Hall–Kier alpha value is -1.75. The van der Waals surface area contributed by atoms with Gasteiger partial charge in [0.2, 0.25) is 5.91 Å². The molecule has 0 aromatic heterocycles. The molecule has 0 fully saturated rings. The highest BCUT2D eigenvalue weighted by Crippen LogP contribution is 2.34. The van der Waals surface area contributed by atoms with Gasteiger partial charge in [0.25, 0.3) is 0 Å². The van der Waals surface area contributed by atoms with Crippen LogP contribution in [-0.4, -0.2) is 44.7 Å². The summed E-state index contributed by atoms with van der Waals surface area (Å²) in [5, 5.41) is 3.32. The van der Waals surface area contributed by atoms with E-state index in [1.807, 2.05) is 32.2 Å². The summed E-state index contributed by atoms with van der Waals surface area (Å²) in [5.74, 6) is 1.77. The van der Waals surface area contributed by atoms with Crippen molar-refractivity contribution in [3.05, 3.63) is 23.8 Å². The van der Waals surface area contributed by atoms with Crippen molar-refractivity contribution in [2.45, 2.75) is 19.4 Å². The zero-order valence-corrected chi connectivity index (χ0v) is 12.3. The smallest absolute Gasteiger partial charge is 0.236 e. The van der Waals surface area contributed by atoms with Gasteiger partial charge >= 0.3 is 0 Å². The summed E-state index contributed by atoms with van der Waals surface area (Å²) in [7, 11) is 3.46. The number of amides is 1. The van der Waals surface area contributed by atoms with Crippen molar-refractivity contribution in [1.29, 1.82) is 0 Å². The molecule has 5 nitrogen and oxygen atoms in total. The van der Waals surface area contributed by atoms with Gasteiger partial charge in [-0.15, -0.1) is 0 Å². The van der Waals surface area contributed by atoms with Crippen molar-refractivity contribution in [2.75, 3.05) is 33.9 Å². The lowest BCUT2D eigenvalue weighted by Gasteiger charge is -2.27. The highest BCUT2D eigenvalue weighted by Gasteiger charge is 2.22. The third-order valence-corrected chi connectivity index (χ3v) is 3.66. The lowest BCUT2D eigenvalue weighted by molar-refractivity contribution is -0.128. The van der Waals surface area contributed by atoms with Gasteiger partial charge in [-0.05, 0) is 25.1 Å². The molecule has 0 aliphatic carbocycles. The number of rotatable bonds is 5. The molecule has 1 atom stereocenters. The fraction of sp³-hybridized carbons (Fsp3) is 0.533. The molecule has 1 aliphatic rings. The molecule has 1 heterocycles. The van der Waals surface area contributed by atoms with Gasteiger partial charge < -0.3 is 19.7 Å². The number of fused-ring (bicyclic) bond motifs is 1. The van der Waals surface area contributed by atoms with Crippen molar-refractivity contribution in [1.82, 2.24) is 10.2 Å². The molecule has 2 rings (SSSR count). The molecule has 1 unspecified atom stereocenters. The van der Waals surface area contributed by atoms with Crippen molar-refractivity contribution < 1.29 is 14.3 Å². The van der Waals surface area contributed by atoms with Gasteiger partial charge in [-0.1, -0.05) is 0 Å². The number of nitrogens with one attached hydrogen (secondary N) is 1. The molecule has 1 aliphatic heterocycles. The number of ether oxygens (including phenoxy) is 2. The molecule has 0 saturated heterocycles. The van der Waals surface area contributed by atoms with Crippen LogP contribution in [0.25, 0.3) is 0 Å². The second kappa shape index (κ2) is 6.61. The Balaban J connectivity index is 2.06. The number of likely N-dealkylation sites (N-methyl/N-ethyl adjacent to an activating group) is 1. The van der Waals surface area contributed by atoms with Crippen LogP contribution in [-0.2, 0) is 4.79 Å². The van der Waals surface area contributed by atoms with Crippen LogP contribution in [0.5, 0.6) is 11.5 Å². The minimum Gasteiger partial charge on any atom is -0.497 e. The fourth-order valence-electron chi connectivity index (χ4n) is 2.23. The Labute approximate surface area is 119 Å². The Morgan fingerprint density at radius 3 is 3.05 bits per heavy atom. The Morgan fingerprint density at radius 1 is 1.55 bits per heavy atom. The average Bonchev–Trinajstić information content (AvgIpc) is 2.51. The topological polar surface area (TPSA) is 50.8 Å². The van der Waals surface area contributed by atoms with Crippen LogP contribution in [0.2, 0.25) is 0 Å². The fourth-order valence-corrected chi connectivity index (χ4v) is 2.23. The summed E-state index contributed by atoms with van der Waals surface area (Å²) in [6, 6.07) is 5.91. The molecule has 1 N–H and O–H groups in total. The summed E-state index contributed by atoms with van der Waals surface area (Å²) in [4.78, 5) is 13.6. The van der Waals surface area contributed by atoms with Gasteiger partial charge in [-0.25, -0.2) is 0 Å². The third kappa shape index (κ3) is 3.22. The Bertz CT molecular complexity index is 476. The predicted molar refractivity (Wildman–Crippen MR) is 77.2 cm³/mol. The molecular weight excluding hydrogens is 256 g/mol. The monoisotopic (exact) mass is 278 g/mol. The zero-order chi connectivity index (χ0) is 14.5. The van der Waals surface area contributed by atoms with Crippen molar-refractivity contribution in [2.24, 2.45) is 0 Å². The number of carbonyl (C=O) groups excluding carboxylic acids is 1. The first-order valence-electron chi connectivity index (χ1n) is 6.93. The number of hydrogen-bond acceptors (Lipinski definition) is 4. The molecule has 0 radical (unpaired) electrons. The third-order valence-electron chi connectivity index (χ3n) is 3.66. The van der Waals surface area contributed by atoms with Crippen LogP contribution in [0.1, 0.15) is 24.9 Å². The van der Waals surface area contributed by atoms with E-state index in [1.165, 1.54) is 0 Å². The molecular formula is C15H22N2O3. The quantitative estimate of drug-likeness (QED) is 0.888. The largest absolute Gasteiger partial charge is 0.497 e. The van der Waals surface area contributed by atoms with Crippen LogP contribution in [0, 0.1) is 0 Å². The molecule has 1 aromatic rings. The number of methoxy groups -OCH3 is 1. The second-order valence-electron chi connectivity index (χ2n) is 4.88. The normalized spacial score (nSPS) is 17.1. The summed E-state index contributed by atoms with van der Waals surface area (Å²) in [5.41, 5.74) is 1.06. The number of hydrogen-bond donors (Lipinski definition) is 1. The van der Waals surface area contributed by atoms with Crippen molar-refractivity contribution >= 4 is 5.91 Å². The maximum Gasteiger partial charge on any atom is 0.236 e. The maximum absolute atomic E-state index is 11.9. The highest BCUT2D eigenvalue weighted by atomic mass is 16.5. The van der Waals surface area contributed by atoms with Gasteiger partial charge in [0.1, 0.15) is 11.5 Å². The number of benzene rings is 1. The second-order valence-corrected chi connectivity index (χ2v) is 4.88. The lowest BCUT2D eigenvalue weighted by atomic mass is 10.00. The SMILES string of the molecule is CCN(C)C(=O)CNC1CCOc2ccc(OC)cc21. The Morgan fingerprint density at radius 2 is 2.35 bits per heavy atom. The van der Waals surface area contributed by atoms with Crippen molar-refractivity contribution in [3.8, 4) is 11.5 Å². The van der Waals surface area contributed by atoms with E-state index in [0.29, 0.717) is 13.2 Å².